The normalized spacial score (nSPS) is 14.4. The van der Waals surface area contributed by atoms with Crippen LogP contribution < -0.4 is 20.5 Å². The highest BCUT2D eigenvalue weighted by Crippen LogP contribution is 2.33. The van der Waals surface area contributed by atoms with Gasteiger partial charge in [-0.15, -0.1) is 0 Å². The first-order chi connectivity index (χ1) is 14.6. The second-order valence-electron chi connectivity index (χ2n) is 6.84. The monoisotopic (exact) mass is 439 g/mol. The summed E-state index contributed by atoms with van der Waals surface area (Å²) in [7, 11) is 0. The second kappa shape index (κ2) is 8.80. The molecule has 0 unspecified atom stereocenters. The van der Waals surface area contributed by atoms with E-state index in [1.807, 2.05) is 0 Å². The number of anilines is 1. The van der Waals surface area contributed by atoms with Gasteiger partial charge in [0.2, 0.25) is 0 Å². The van der Waals surface area contributed by atoms with Crippen molar-refractivity contribution in [2.45, 2.75) is 19.5 Å². The van der Waals surface area contributed by atoms with Gasteiger partial charge in [-0.05, 0) is 24.1 Å². The number of aromatic amines is 1. The molecule has 1 aromatic carbocycles. The summed E-state index contributed by atoms with van der Waals surface area (Å²) in [5.41, 5.74) is -0.795. The number of pyridine rings is 1. The average Bonchev–Trinajstić information content (AvgIpc) is 2.73. The van der Waals surface area contributed by atoms with Crippen molar-refractivity contribution in [2.75, 3.05) is 31.1 Å². The van der Waals surface area contributed by atoms with E-state index in [2.05, 4.69) is 19.9 Å². The Morgan fingerprint density at radius 2 is 1.77 bits per heavy atom. The van der Waals surface area contributed by atoms with Crippen LogP contribution in [-0.4, -0.2) is 54.4 Å². The smallest absolute Gasteiger partial charge is 0.477 e. The Bertz CT molecular complexity index is 1040. The van der Waals surface area contributed by atoms with Gasteiger partial charge < -0.3 is 25.0 Å². The minimum absolute atomic E-state index is 0.00636. The van der Waals surface area contributed by atoms with Gasteiger partial charge in [0.1, 0.15) is 0 Å². The number of carboxylic acids is 1. The predicted octanol–water partition coefficient (Wildman–Crippen LogP) is 2.18. The molecule has 0 aliphatic carbocycles. The van der Waals surface area contributed by atoms with Gasteiger partial charge in [-0.3, -0.25) is 4.79 Å². The number of hydrogen-bond acceptors (Lipinski definition) is 6. The van der Waals surface area contributed by atoms with Crippen LogP contribution in [0.15, 0.2) is 29.1 Å². The van der Waals surface area contributed by atoms with E-state index in [0.717, 1.165) is 31.9 Å². The van der Waals surface area contributed by atoms with E-state index in [1.54, 1.807) is 31.2 Å². The molecule has 3 rings (SSSR count). The number of nitrogens with zero attached hydrogens (tertiary/aromatic N) is 1. The number of halogens is 3. The van der Waals surface area contributed by atoms with E-state index in [-0.39, 0.29) is 17.7 Å². The number of hydrogen-bond donors (Lipinski definition) is 3. The van der Waals surface area contributed by atoms with Crippen molar-refractivity contribution in [3.05, 3.63) is 45.7 Å². The number of H-pyrrole nitrogens is 1. The van der Waals surface area contributed by atoms with E-state index in [9.17, 15) is 32.7 Å². The first kappa shape index (κ1) is 22.3. The highest BCUT2D eigenvalue weighted by atomic mass is 19.4. The third-order valence-corrected chi connectivity index (χ3v) is 4.90. The topological polar surface area (TPSA) is 112 Å². The van der Waals surface area contributed by atoms with E-state index in [4.69, 9.17) is 0 Å². The SMILES string of the molecule is CCc1c(-c2ccc(N3CCNCC3)cc2)[nH]c(=O)c(C(=O)O)c1OC(=O)C(F)(F)F. The molecule has 3 N–H and O–H groups in total. The fourth-order valence-corrected chi connectivity index (χ4v) is 3.42. The Labute approximate surface area is 174 Å². The van der Waals surface area contributed by atoms with E-state index < -0.39 is 35.0 Å². The number of aromatic carboxylic acids is 1. The molecule has 2 heterocycles. The maximum absolute atomic E-state index is 12.7. The van der Waals surface area contributed by atoms with Crippen molar-refractivity contribution < 1.29 is 32.6 Å². The minimum atomic E-state index is -5.35. The predicted molar refractivity (Wildman–Crippen MR) is 106 cm³/mol. The molecule has 0 radical (unpaired) electrons. The van der Waals surface area contributed by atoms with Crippen molar-refractivity contribution in [3.63, 3.8) is 0 Å². The van der Waals surface area contributed by atoms with Gasteiger partial charge in [0, 0.05) is 37.4 Å². The van der Waals surface area contributed by atoms with Crippen LogP contribution in [0.25, 0.3) is 11.3 Å². The molecule has 1 aromatic heterocycles. The molecular formula is C20H20F3N3O5. The van der Waals surface area contributed by atoms with Crippen molar-refractivity contribution in [1.82, 2.24) is 10.3 Å². The van der Waals surface area contributed by atoms with Gasteiger partial charge in [-0.2, -0.15) is 13.2 Å². The summed E-state index contributed by atoms with van der Waals surface area (Å²) in [6, 6.07) is 6.92. The number of rotatable bonds is 5. The third kappa shape index (κ3) is 4.71. The van der Waals surface area contributed by atoms with Crippen LogP contribution in [0.2, 0.25) is 0 Å². The Balaban J connectivity index is 2.09. The van der Waals surface area contributed by atoms with Crippen LogP contribution >= 0.6 is 0 Å². The van der Waals surface area contributed by atoms with Crippen LogP contribution in [0.4, 0.5) is 18.9 Å². The molecule has 1 saturated heterocycles. The van der Waals surface area contributed by atoms with E-state index >= 15 is 0 Å². The summed E-state index contributed by atoms with van der Waals surface area (Å²) in [5.74, 6) is -5.31. The molecule has 1 aliphatic heterocycles. The number of carbonyl (C=O) groups excluding carboxylic acids is 1. The van der Waals surface area contributed by atoms with Crippen LogP contribution in [0, 0.1) is 0 Å². The molecule has 166 valence electrons. The summed E-state index contributed by atoms with van der Waals surface area (Å²) in [6.07, 6.45) is -5.35. The summed E-state index contributed by atoms with van der Waals surface area (Å²) in [6.45, 7) is 4.82. The molecule has 0 atom stereocenters. The quantitative estimate of drug-likeness (QED) is 0.613. The van der Waals surface area contributed by atoms with Gasteiger partial charge in [-0.1, -0.05) is 19.1 Å². The van der Waals surface area contributed by atoms with Gasteiger partial charge >= 0.3 is 18.1 Å². The van der Waals surface area contributed by atoms with Gasteiger partial charge in [0.05, 0.1) is 5.69 Å². The molecule has 31 heavy (non-hydrogen) atoms. The van der Waals surface area contributed by atoms with Crippen LogP contribution in [0.1, 0.15) is 22.8 Å². The summed E-state index contributed by atoms with van der Waals surface area (Å²) in [5, 5.41) is 12.6. The number of aromatic nitrogens is 1. The van der Waals surface area contributed by atoms with Crippen molar-refractivity contribution in [1.29, 1.82) is 0 Å². The average molecular weight is 439 g/mol. The highest BCUT2D eigenvalue weighted by molar-refractivity contribution is 5.94. The molecule has 11 heteroatoms. The molecule has 0 amide bonds. The lowest BCUT2D eigenvalue weighted by Gasteiger charge is -2.29. The zero-order valence-corrected chi connectivity index (χ0v) is 16.5. The molecule has 2 aromatic rings. The lowest BCUT2D eigenvalue weighted by atomic mass is 10.00. The van der Waals surface area contributed by atoms with Crippen LogP contribution in [-0.2, 0) is 11.2 Å². The van der Waals surface area contributed by atoms with Gasteiger partial charge in [-0.25, -0.2) is 9.59 Å². The van der Waals surface area contributed by atoms with Crippen molar-refractivity contribution in [3.8, 4) is 17.0 Å². The minimum Gasteiger partial charge on any atom is -0.477 e. The number of carbonyl (C=O) groups is 2. The third-order valence-electron chi connectivity index (χ3n) is 4.90. The number of carboxylic acid groups (broad SMARTS) is 1. The second-order valence-corrected chi connectivity index (χ2v) is 6.84. The Hall–Kier alpha value is -3.34. The molecule has 8 nitrogen and oxygen atoms in total. The molecular weight excluding hydrogens is 419 g/mol. The summed E-state index contributed by atoms with van der Waals surface area (Å²) < 4.78 is 42.6. The fraction of sp³-hybridized carbons (Fsp3) is 0.350. The van der Waals surface area contributed by atoms with Crippen LogP contribution in [0.3, 0.4) is 0 Å². The number of ether oxygens (including phenoxy) is 1. The van der Waals surface area contributed by atoms with Gasteiger partial charge in [0.25, 0.3) is 5.56 Å². The fourth-order valence-electron chi connectivity index (χ4n) is 3.42. The zero-order chi connectivity index (χ0) is 22.8. The lowest BCUT2D eigenvalue weighted by molar-refractivity contribution is -0.189. The maximum atomic E-state index is 12.7. The first-order valence-corrected chi connectivity index (χ1v) is 9.51. The highest BCUT2D eigenvalue weighted by Gasteiger charge is 2.43. The number of esters is 1. The maximum Gasteiger partial charge on any atom is 0.491 e. The first-order valence-electron chi connectivity index (χ1n) is 9.51. The lowest BCUT2D eigenvalue weighted by Crippen LogP contribution is -2.43. The molecule has 1 aliphatic rings. The summed E-state index contributed by atoms with van der Waals surface area (Å²) in [4.78, 5) is 39.8. The van der Waals surface area contributed by atoms with Gasteiger partial charge in [0.15, 0.2) is 11.3 Å². The Morgan fingerprint density at radius 1 is 1.16 bits per heavy atom. The molecule has 0 bridgehead atoms. The molecule has 0 saturated carbocycles. The molecule has 0 spiro atoms. The number of nitrogens with one attached hydrogen (secondary N) is 2. The number of alkyl halides is 3. The van der Waals surface area contributed by atoms with E-state index in [1.165, 1.54) is 0 Å². The Kier molecular flexibility index (Phi) is 6.34. The summed E-state index contributed by atoms with van der Waals surface area (Å²) >= 11 is 0. The van der Waals surface area contributed by atoms with Crippen molar-refractivity contribution >= 4 is 17.6 Å². The standard InChI is InChI=1S/C20H20F3N3O5/c1-2-13-15(11-3-5-12(6-4-11)26-9-7-24-8-10-26)25-17(27)14(18(28)29)16(13)31-19(30)20(21,22)23/h3-6,24H,2,7-10H2,1H3,(H,25,27)(H,28,29). The van der Waals surface area contributed by atoms with E-state index in [0.29, 0.717) is 5.56 Å². The van der Waals surface area contributed by atoms with Crippen molar-refractivity contribution in [2.24, 2.45) is 0 Å². The van der Waals surface area contributed by atoms with Crippen LogP contribution in [0.5, 0.6) is 5.75 Å². The zero-order valence-electron chi connectivity index (χ0n) is 16.5. The molecule has 1 fully saturated rings. The number of piperazine rings is 1. The largest absolute Gasteiger partial charge is 0.491 e. The number of benzene rings is 1. The Morgan fingerprint density at radius 3 is 2.29 bits per heavy atom.